The molecule has 0 bridgehead atoms. The molecule has 2 rings (SSSR count). The Kier molecular flexibility index (Phi) is 5.83. The number of carbonyl (C=O) groups excluding carboxylic acids is 1. The van der Waals surface area contributed by atoms with E-state index < -0.39 is 0 Å². The van der Waals surface area contributed by atoms with Gasteiger partial charge in [0.2, 0.25) is 0 Å². The molecule has 1 atom stereocenters. The van der Waals surface area contributed by atoms with Crippen LogP contribution in [0.5, 0.6) is 5.75 Å². The minimum absolute atomic E-state index is 0.201. The molecule has 116 valence electrons. The highest BCUT2D eigenvalue weighted by atomic mass is 16.5. The molecule has 1 aliphatic rings. The van der Waals surface area contributed by atoms with Crippen LogP contribution in [0.3, 0.4) is 0 Å². The molecule has 3 N–H and O–H groups in total. The van der Waals surface area contributed by atoms with Gasteiger partial charge in [0.05, 0.1) is 20.3 Å². The molecule has 2 amide bonds. The lowest BCUT2D eigenvalue weighted by Gasteiger charge is -2.16. The number of urea groups is 1. The Morgan fingerprint density at radius 3 is 3.14 bits per heavy atom. The van der Waals surface area contributed by atoms with Gasteiger partial charge in [-0.05, 0) is 30.7 Å². The second kappa shape index (κ2) is 7.85. The summed E-state index contributed by atoms with van der Waals surface area (Å²) in [7, 11) is 1.62. The van der Waals surface area contributed by atoms with Crippen molar-refractivity contribution in [3.8, 4) is 5.75 Å². The number of carbonyl (C=O) groups is 1. The van der Waals surface area contributed by atoms with Crippen molar-refractivity contribution in [1.29, 1.82) is 0 Å². The Labute approximate surface area is 125 Å². The van der Waals surface area contributed by atoms with Crippen LogP contribution in [-0.4, -0.2) is 46.0 Å². The lowest BCUT2D eigenvalue weighted by Crippen LogP contribution is -2.37. The number of nitrogens with one attached hydrogen (secondary N) is 3. The van der Waals surface area contributed by atoms with Crippen molar-refractivity contribution in [3.05, 3.63) is 23.8 Å². The minimum Gasteiger partial charge on any atom is -0.497 e. The van der Waals surface area contributed by atoms with Gasteiger partial charge in [0.25, 0.3) is 0 Å². The van der Waals surface area contributed by atoms with E-state index in [2.05, 4.69) is 16.0 Å². The van der Waals surface area contributed by atoms with Crippen LogP contribution in [0.1, 0.15) is 5.56 Å². The first-order valence-electron chi connectivity index (χ1n) is 7.17. The van der Waals surface area contributed by atoms with E-state index >= 15 is 0 Å². The summed E-state index contributed by atoms with van der Waals surface area (Å²) in [5.41, 5.74) is 1.74. The van der Waals surface area contributed by atoms with E-state index in [4.69, 9.17) is 9.47 Å². The molecule has 0 aromatic heterocycles. The first kappa shape index (κ1) is 15.6. The van der Waals surface area contributed by atoms with Gasteiger partial charge in [0, 0.05) is 31.2 Å². The zero-order valence-corrected chi connectivity index (χ0v) is 12.6. The second-order valence-corrected chi connectivity index (χ2v) is 5.16. The van der Waals surface area contributed by atoms with E-state index in [-0.39, 0.29) is 6.03 Å². The minimum atomic E-state index is -0.201. The van der Waals surface area contributed by atoms with E-state index in [1.807, 2.05) is 25.1 Å². The van der Waals surface area contributed by atoms with Gasteiger partial charge in [-0.15, -0.1) is 0 Å². The lowest BCUT2D eigenvalue weighted by molar-refractivity contribution is 0.123. The summed E-state index contributed by atoms with van der Waals surface area (Å²) in [5, 5.41) is 9.01. The zero-order valence-electron chi connectivity index (χ0n) is 12.6. The van der Waals surface area contributed by atoms with Crippen molar-refractivity contribution in [2.45, 2.75) is 6.92 Å². The van der Waals surface area contributed by atoms with Crippen LogP contribution in [0, 0.1) is 12.8 Å². The SMILES string of the molecule is COc1ccc(NC(=O)NCC2CNCCOC2)c(C)c1. The van der Waals surface area contributed by atoms with E-state index in [0.717, 1.165) is 36.7 Å². The number of anilines is 1. The summed E-state index contributed by atoms with van der Waals surface area (Å²) in [5.74, 6) is 1.08. The molecule has 6 nitrogen and oxygen atoms in total. The molecule has 1 unspecified atom stereocenters. The fraction of sp³-hybridized carbons (Fsp3) is 0.533. The number of aryl methyl sites for hydroxylation is 1. The van der Waals surface area contributed by atoms with Gasteiger partial charge in [-0.25, -0.2) is 4.79 Å². The molecular weight excluding hydrogens is 270 g/mol. The van der Waals surface area contributed by atoms with Gasteiger partial charge in [-0.1, -0.05) is 0 Å². The fourth-order valence-electron chi connectivity index (χ4n) is 2.20. The quantitative estimate of drug-likeness (QED) is 0.784. The van der Waals surface area contributed by atoms with Crippen molar-refractivity contribution in [2.75, 3.05) is 45.3 Å². The van der Waals surface area contributed by atoms with E-state index in [0.29, 0.717) is 19.1 Å². The number of hydrogen-bond donors (Lipinski definition) is 3. The number of hydrogen-bond acceptors (Lipinski definition) is 4. The van der Waals surface area contributed by atoms with Gasteiger partial charge in [-0.3, -0.25) is 0 Å². The highest BCUT2D eigenvalue weighted by molar-refractivity contribution is 5.90. The van der Waals surface area contributed by atoms with Gasteiger partial charge < -0.3 is 25.4 Å². The summed E-state index contributed by atoms with van der Waals surface area (Å²) in [4.78, 5) is 11.9. The normalized spacial score (nSPS) is 18.7. The highest BCUT2D eigenvalue weighted by Gasteiger charge is 2.13. The number of benzene rings is 1. The molecule has 1 heterocycles. The third kappa shape index (κ3) is 4.91. The van der Waals surface area contributed by atoms with Crippen LogP contribution < -0.4 is 20.7 Å². The first-order valence-corrected chi connectivity index (χ1v) is 7.17. The third-order valence-electron chi connectivity index (χ3n) is 3.44. The predicted octanol–water partition coefficient (Wildman–Crippen LogP) is 1.36. The monoisotopic (exact) mass is 293 g/mol. The average Bonchev–Trinajstić information content (AvgIpc) is 2.76. The molecule has 6 heteroatoms. The van der Waals surface area contributed by atoms with Crippen molar-refractivity contribution >= 4 is 11.7 Å². The molecule has 0 spiro atoms. The maximum absolute atomic E-state index is 11.9. The first-order chi connectivity index (χ1) is 10.2. The maximum Gasteiger partial charge on any atom is 0.319 e. The Hall–Kier alpha value is -1.79. The van der Waals surface area contributed by atoms with Gasteiger partial charge in [0.15, 0.2) is 0 Å². The van der Waals surface area contributed by atoms with E-state index in [9.17, 15) is 4.79 Å². The standard InChI is InChI=1S/C15H23N3O3/c1-11-7-13(20-2)3-4-14(11)18-15(19)17-9-12-8-16-5-6-21-10-12/h3-4,7,12,16H,5-6,8-10H2,1-2H3,(H2,17,18,19). The molecule has 0 aliphatic carbocycles. The summed E-state index contributed by atoms with van der Waals surface area (Å²) in [6.07, 6.45) is 0. The fourth-order valence-corrected chi connectivity index (χ4v) is 2.20. The van der Waals surface area contributed by atoms with Gasteiger partial charge >= 0.3 is 6.03 Å². The Balaban J connectivity index is 1.81. The van der Waals surface area contributed by atoms with E-state index in [1.165, 1.54) is 0 Å². The molecule has 1 saturated heterocycles. The van der Waals surface area contributed by atoms with Crippen molar-refractivity contribution in [2.24, 2.45) is 5.92 Å². The lowest BCUT2D eigenvalue weighted by atomic mass is 10.1. The largest absolute Gasteiger partial charge is 0.497 e. The van der Waals surface area contributed by atoms with Crippen molar-refractivity contribution in [3.63, 3.8) is 0 Å². The molecule has 21 heavy (non-hydrogen) atoms. The average molecular weight is 293 g/mol. The highest BCUT2D eigenvalue weighted by Crippen LogP contribution is 2.20. The molecule has 1 aromatic carbocycles. The van der Waals surface area contributed by atoms with Gasteiger partial charge in [-0.2, -0.15) is 0 Å². The number of rotatable bonds is 4. The van der Waals surface area contributed by atoms with Crippen LogP contribution in [0.25, 0.3) is 0 Å². The molecule has 1 fully saturated rings. The Morgan fingerprint density at radius 1 is 1.52 bits per heavy atom. The van der Waals surface area contributed by atoms with Crippen molar-refractivity contribution in [1.82, 2.24) is 10.6 Å². The molecule has 1 aliphatic heterocycles. The van der Waals surface area contributed by atoms with Crippen LogP contribution in [0.4, 0.5) is 10.5 Å². The van der Waals surface area contributed by atoms with Crippen molar-refractivity contribution < 1.29 is 14.3 Å². The number of methoxy groups -OCH3 is 1. The predicted molar refractivity (Wildman–Crippen MR) is 81.9 cm³/mol. The summed E-state index contributed by atoms with van der Waals surface area (Å²) in [6.45, 7) is 5.66. The number of ether oxygens (including phenoxy) is 2. The summed E-state index contributed by atoms with van der Waals surface area (Å²) >= 11 is 0. The van der Waals surface area contributed by atoms with Crippen LogP contribution in [0.15, 0.2) is 18.2 Å². The van der Waals surface area contributed by atoms with Crippen LogP contribution >= 0.6 is 0 Å². The molecular formula is C15H23N3O3. The topological polar surface area (TPSA) is 71.6 Å². The van der Waals surface area contributed by atoms with Crippen LogP contribution in [-0.2, 0) is 4.74 Å². The zero-order chi connectivity index (χ0) is 15.1. The smallest absolute Gasteiger partial charge is 0.319 e. The maximum atomic E-state index is 11.9. The van der Waals surface area contributed by atoms with Gasteiger partial charge in [0.1, 0.15) is 5.75 Å². The molecule has 1 aromatic rings. The summed E-state index contributed by atoms with van der Waals surface area (Å²) < 4.78 is 10.6. The summed E-state index contributed by atoms with van der Waals surface area (Å²) in [6, 6.07) is 5.35. The van der Waals surface area contributed by atoms with Crippen LogP contribution in [0.2, 0.25) is 0 Å². The Morgan fingerprint density at radius 2 is 2.38 bits per heavy atom. The Bertz CT molecular complexity index is 471. The second-order valence-electron chi connectivity index (χ2n) is 5.16. The molecule has 0 radical (unpaired) electrons. The molecule has 0 saturated carbocycles. The number of amides is 2. The third-order valence-corrected chi connectivity index (χ3v) is 3.44. The van der Waals surface area contributed by atoms with E-state index in [1.54, 1.807) is 7.11 Å².